The van der Waals surface area contributed by atoms with Gasteiger partial charge in [-0.2, -0.15) is 4.98 Å². The number of carbonyl (C=O) groups is 1. The van der Waals surface area contributed by atoms with Gasteiger partial charge in [-0.1, -0.05) is 6.07 Å². The second-order valence-corrected chi connectivity index (χ2v) is 6.79. The molecule has 8 heteroatoms. The van der Waals surface area contributed by atoms with E-state index in [0.29, 0.717) is 25.5 Å². The number of amides is 1. The van der Waals surface area contributed by atoms with Gasteiger partial charge in [-0.15, -0.1) is 5.10 Å². The lowest BCUT2D eigenvalue weighted by Gasteiger charge is -2.25. The Bertz CT molecular complexity index is 1030. The van der Waals surface area contributed by atoms with Crippen molar-refractivity contribution in [3.63, 3.8) is 0 Å². The second-order valence-electron chi connectivity index (χ2n) is 6.79. The van der Waals surface area contributed by atoms with E-state index in [2.05, 4.69) is 15.1 Å². The third-order valence-electron chi connectivity index (χ3n) is 5.09. The molecule has 27 heavy (non-hydrogen) atoms. The number of hydrogen-bond acceptors (Lipinski definition) is 6. The first-order chi connectivity index (χ1) is 13.2. The molecule has 5 rings (SSSR count). The minimum atomic E-state index is -0.169. The number of likely N-dealkylation sites (tertiary alicyclic amines) is 1. The summed E-state index contributed by atoms with van der Waals surface area (Å²) >= 11 is 0. The molecule has 3 aromatic rings. The summed E-state index contributed by atoms with van der Waals surface area (Å²) in [6.45, 7) is 3.69. The van der Waals surface area contributed by atoms with Crippen molar-refractivity contribution < 1.29 is 14.3 Å². The van der Waals surface area contributed by atoms with Crippen LogP contribution in [0.4, 0.5) is 0 Å². The number of ether oxygens (including phenoxy) is 2. The fourth-order valence-electron chi connectivity index (χ4n) is 3.75. The maximum atomic E-state index is 13.1. The van der Waals surface area contributed by atoms with Crippen LogP contribution in [-0.2, 0) is 0 Å². The van der Waals surface area contributed by atoms with E-state index in [-0.39, 0.29) is 17.8 Å². The molecule has 2 aliphatic heterocycles. The van der Waals surface area contributed by atoms with Crippen molar-refractivity contribution in [1.82, 2.24) is 24.5 Å². The first-order valence-corrected chi connectivity index (χ1v) is 9.09. The van der Waals surface area contributed by atoms with Crippen LogP contribution in [0.3, 0.4) is 0 Å². The van der Waals surface area contributed by atoms with Gasteiger partial charge in [-0.3, -0.25) is 4.79 Å². The van der Waals surface area contributed by atoms with E-state index < -0.39 is 0 Å². The zero-order valence-electron chi connectivity index (χ0n) is 15.0. The third-order valence-corrected chi connectivity index (χ3v) is 5.09. The number of fused-ring (bicyclic) bond motifs is 2. The first kappa shape index (κ1) is 16.0. The van der Waals surface area contributed by atoms with E-state index in [0.717, 1.165) is 35.6 Å². The highest BCUT2D eigenvalue weighted by Gasteiger charge is 2.33. The maximum Gasteiger partial charge on any atom is 0.294 e. The van der Waals surface area contributed by atoms with E-state index >= 15 is 0 Å². The predicted molar refractivity (Wildman–Crippen MR) is 96.0 cm³/mol. The summed E-state index contributed by atoms with van der Waals surface area (Å²) in [5.41, 5.74) is 1.93. The minimum Gasteiger partial charge on any atom is -0.486 e. The van der Waals surface area contributed by atoms with Crippen LogP contribution >= 0.6 is 0 Å². The highest BCUT2D eigenvalue weighted by atomic mass is 16.6. The average molecular weight is 365 g/mol. The highest BCUT2D eigenvalue weighted by Crippen LogP contribution is 2.38. The number of benzene rings is 1. The van der Waals surface area contributed by atoms with Gasteiger partial charge < -0.3 is 14.4 Å². The molecule has 1 aromatic carbocycles. The van der Waals surface area contributed by atoms with Crippen molar-refractivity contribution in [2.45, 2.75) is 25.8 Å². The smallest absolute Gasteiger partial charge is 0.294 e. The zero-order valence-corrected chi connectivity index (χ0v) is 15.0. The lowest BCUT2D eigenvalue weighted by Crippen LogP contribution is -2.31. The molecular formula is C19H19N5O3. The van der Waals surface area contributed by atoms with Gasteiger partial charge in [-0.25, -0.2) is 9.50 Å². The molecule has 138 valence electrons. The molecule has 0 N–H and O–H groups in total. The Labute approximate surface area is 155 Å². The van der Waals surface area contributed by atoms with Crippen molar-refractivity contribution in [1.29, 1.82) is 0 Å². The first-order valence-electron chi connectivity index (χ1n) is 9.09. The summed E-state index contributed by atoms with van der Waals surface area (Å²) < 4.78 is 12.9. The van der Waals surface area contributed by atoms with Gasteiger partial charge in [0.15, 0.2) is 11.5 Å². The molecule has 1 saturated heterocycles. The zero-order chi connectivity index (χ0) is 18.4. The van der Waals surface area contributed by atoms with Crippen LogP contribution in [0.25, 0.3) is 5.78 Å². The normalized spacial score (nSPS) is 18.9. The second kappa shape index (κ2) is 6.22. The number of nitrogens with zero attached hydrogens (tertiary/aromatic N) is 5. The van der Waals surface area contributed by atoms with Crippen molar-refractivity contribution in [3.05, 3.63) is 47.5 Å². The van der Waals surface area contributed by atoms with Crippen molar-refractivity contribution in [2.24, 2.45) is 0 Å². The van der Waals surface area contributed by atoms with Crippen LogP contribution in [0.15, 0.2) is 30.5 Å². The van der Waals surface area contributed by atoms with E-state index in [4.69, 9.17) is 9.47 Å². The Morgan fingerprint density at radius 2 is 2.04 bits per heavy atom. The topological polar surface area (TPSA) is 81.9 Å². The van der Waals surface area contributed by atoms with Crippen LogP contribution in [0, 0.1) is 6.92 Å². The van der Waals surface area contributed by atoms with E-state index in [1.807, 2.05) is 36.1 Å². The predicted octanol–water partition coefficient (Wildman–Crippen LogP) is 2.18. The summed E-state index contributed by atoms with van der Waals surface area (Å²) in [4.78, 5) is 23.5. The van der Waals surface area contributed by atoms with Gasteiger partial charge in [0.05, 0.1) is 6.04 Å². The maximum absolute atomic E-state index is 13.1. The molecule has 0 radical (unpaired) electrons. The molecule has 1 atom stereocenters. The van der Waals surface area contributed by atoms with Crippen molar-refractivity contribution >= 4 is 11.7 Å². The molecule has 0 unspecified atom stereocenters. The number of aromatic nitrogens is 4. The standard InChI is InChI=1S/C19H19N5O3/c1-12-6-7-20-19-21-17(22-24(12)19)18(25)23-8-2-3-14(23)13-4-5-15-16(11-13)27-10-9-26-15/h4-7,11,14H,2-3,8-10H2,1H3/t14-/m0/s1. The number of carbonyl (C=O) groups excluding carboxylic acids is 1. The molecule has 4 heterocycles. The number of aryl methyl sites for hydroxylation is 1. The Hall–Kier alpha value is -3.16. The Balaban J connectivity index is 1.46. The average Bonchev–Trinajstić information content (AvgIpc) is 3.35. The number of hydrogen-bond donors (Lipinski definition) is 0. The van der Waals surface area contributed by atoms with E-state index in [1.165, 1.54) is 0 Å². The molecule has 2 aliphatic rings. The molecule has 1 fully saturated rings. The molecule has 0 saturated carbocycles. The van der Waals surface area contributed by atoms with Crippen LogP contribution in [0.2, 0.25) is 0 Å². The van der Waals surface area contributed by atoms with E-state index in [9.17, 15) is 4.79 Å². The summed E-state index contributed by atoms with van der Waals surface area (Å²) in [7, 11) is 0. The van der Waals surface area contributed by atoms with Crippen molar-refractivity contribution in [2.75, 3.05) is 19.8 Å². The summed E-state index contributed by atoms with van der Waals surface area (Å²) in [5, 5.41) is 4.36. The van der Waals surface area contributed by atoms with Crippen LogP contribution in [0.1, 0.15) is 40.8 Å². The Morgan fingerprint density at radius 3 is 2.89 bits per heavy atom. The largest absolute Gasteiger partial charge is 0.486 e. The fraction of sp³-hybridized carbons (Fsp3) is 0.368. The summed E-state index contributed by atoms with van der Waals surface area (Å²) in [5.74, 6) is 1.94. The quantitative estimate of drug-likeness (QED) is 0.692. The summed E-state index contributed by atoms with van der Waals surface area (Å²) in [6.07, 6.45) is 3.51. The van der Waals surface area contributed by atoms with Gasteiger partial charge in [0.1, 0.15) is 13.2 Å². The Morgan fingerprint density at radius 1 is 1.19 bits per heavy atom. The highest BCUT2D eigenvalue weighted by molar-refractivity contribution is 5.91. The van der Waals surface area contributed by atoms with Crippen molar-refractivity contribution in [3.8, 4) is 11.5 Å². The molecule has 0 spiro atoms. The van der Waals surface area contributed by atoms with Crippen LogP contribution in [0.5, 0.6) is 11.5 Å². The molecular weight excluding hydrogens is 346 g/mol. The van der Waals surface area contributed by atoms with Gasteiger partial charge >= 0.3 is 0 Å². The monoisotopic (exact) mass is 365 g/mol. The van der Waals surface area contributed by atoms with E-state index in [1.54, 1.807) is 10.7 Å². The number of rotatable bonds is 2. The van der Waals surface area contributed by atoms with Crippen LogP contribution < -0.4 is 9.47 Å². The summed E-state index contributed by atoms with van der Waals surface area (Å²) in [6, 6.07) is 7.72. The SMILES string of the molecule is Cc1ccnc2nc(C(=O)N3CCC[C@H]3c3ccc4c(c3)OCCO4)nn12. The third kappa shape index (κ3) is 2.68. The lowest BCUT2D eigenvalue weighted by atomic mass is 10.0. The molecule has 2 aromatic heterocycles. The molecule has 0 aliphatic carbocycles. The molecule has 1 amide bonds. The van der Waals surface area contributed by atoms with Gasteiger partial charge in [0, 0.05) is 18.4 Å². The lowest BCUT2D eigenvalue weighted by molar-refractivity contribution is 0.0723. The minimum absolute atomic E-state index is 0.0194. The van der Waals surface area contributed by atoms with Crippen LogP contribution in [-0.4, -0.2) is 50.1 Å². The molecule has 0 bridgehead atoms. The molecule has 8 nitrogen and oxygen atoms in total. The fourth-order valence-corrected chi connectivity index (χ4v) is 3.75. The van der Waals surface area contributed by atoms with Gasteiger partial charge in [0.25, 0.3) is 11.7 Å². The van der Waals surface area contributed by atoms with Gasteiger partial charge in [-0.05, 0) is 43.5 Å². The van der Waals surface area contributed by atoms with Gasteiger partial charge in [0.2, 0.25) is 5.82 Å². The Kier molecular flexibility index (Phi) is 3.70.